The maximum absolute atomic E-state index is 12.3. The number of benzene rings is 3. The quantitative estimate of drug-likeness (QED) is 0.442. The van der Waals surface area contributed by atoms with Crippen LogP contribution in [0.15, 0.2) is 76.2 Å². The van der Waals surface area contributed by atoms with Crippen molar-refractivity contribution in [3.8, 4) is 5.75 Å². The van der Waals surface area contributed by atoms with Gasteiger partial charge < -0.3 is 9.15 Å². The fourth-order valence-electron chi connectivity index (χ4n) is 2.81. The molecule has 1 amide bonds. The van der Waals surface area contributed by atoms with E-state index in [1.54, 1.807) is 19.4 Å². The Morgan fingerprint density at radius 3 is 2.65 bits per heavy atom. The van der Waals surface area contributed by atoms with Crippen LogP contribution in [0.25, 0.3) is 21.7 Å². The summed E-state index contributed by atoms with van der Waals surface area (Å²) >= 11 is 0. The van der Waals surface area contributed by atoms with Gasteiger partial charge in [0.05, 0.1) is 13.3 Å². The van der Waals surface area contributed by atoms with Crippen molar-refractivity contribution in [3.05, 3.63) is 78.1 Å². The van der Waals surface area contributed by atoms with Crippen LogP contribution >= 0.6 is 0 Å². The Balaban J connectivity index is 1.54. The topological polar surface area (TPSA) is 63.8 Å². The van der Waals surface area contributed by atoms with Gasteiger partial charge in [-0.2, -0.15) is 5.10 Å². The van der Waals surface area contributed by atoms with Gasteiger partial charge in [-0.3, -0.25) is 4.79 Å². The standard InChI is InChI=1S/C21H16N2O3/c1-25-16-9-6-14(7-10-16)13-22-23-21(24)20-12-18-17-5-3-2-4-15(17)8-11-19(18)26-20/h2-13H,1H3,(H,23,24)/b22-13+. The average Bonchev–Trinajstić information content (AvgIpc) is 3.13. The summed E-state index contributed by atoms with van der Waals surface area (Å²) in [5.41, 5.74) is 4.01. The molecule has 0 aliphatic heterocycles. The molecule has 0 aliphatic rings. The third-order valence-corrected chi connectivity index (χ3v) is 4.15. The van der Waals surface area contributed by atoms with Gasteiger partial charge in [0.1, 0.15) is 11.3 Å². The van der Waals surface area contributed by atoms with E-state index in [9.17, 15) is 4.79 Å². The van der Waals surface area contributed by atoms with Crippen LogP contribution in [0.1, 0.15) is 16.1 Å². The Labute approximate surface area is 149 Å². The highest BCUT2D eigenvalue weighted by molar-refractivity contribution is 6.08. The van der Waals surface area contributed by atoms with E-state index in [4.69, 9.17) is 9.15 Å². The lowest BCUT2D eigenvalue weighted by molar-refractivity contribution is 0.0929. The van der Waals surface area contributed by atoms with E-state index in [0.29, 0.717) is 5.58 Å². The lowest BCUT2D eigenvalue weighted by Gasteiger charge is -1.99. The number of hydrogen-bond acceptors (Lipinski definition) is 4. The molecule has 128 valence electrons. The Bertz CT molecular complexity index is 1110. The molecule has 1 N–H and O–H groups in total. The van der Waals surface area contributed by atoms with Crippen LogP contribution in [0, 0.1) is 0 Å². The second kappa shape index (κ2) is 6.72. The van der Waals surface area contributed by atoms with Crippen LogP contribution < -0.4 is 10.2 Å². The zero-order valence-electron chi connectivity index (χ0n) is 14.1. The molecular weight excluding hydrogens is 328 g/mol. The van der Waals surface area contributed by atoms with Crippen molar-refractivity contribution in [2.45, 2.75) is 0 Å². The molecular formula is C21H16N2O3. The van der Waals surface area contributed by atoms with E-state index in [2.05, 4.69) is 10.5 Å². The Morgan fingerprint density at radius 2 is 1.85 bits per heavy atom. The molecule has 0 aliphatic carbocycles. The molecule has 4 aromatic rings. The zero-order valence-corrected chi connectivity index (χ0v) is 14.1. The molecule has 0 bridgehead atoms. The fourth-order valence-corrected chi connectivity index (χ4v) is 2.81. The Hall–Kier alpha value is -3.60. The molecule has 0 saturated heterocycles. The number of hydrogen-bond donors (Lipinski definition) is 1. The molecule has 4 rings (SSSR count). The number of nitrogens with one attached hydrogen (secondary N) is 1. The maximum atomic E-state index is 12.3. The zero-order chi connectivity index (χ0) is 17.9. The normalized spacial score (nSPS) is 11.3. The van der Waals surface area contributed by atoms with E-state index in [0.717, 1.165) is 27.5 Å². The molecule has 0 saturated carbocycles. The lowest BCUT2D eigenvalue weighted by Crippen LogP contribution is -2.16. The molecule has 0 unspecified atom stereocenters. The molecule has 0 atom stereocenters. The van der Waals surface area contributed by atoms with E-state index >= 15 is 0 Å². The van der Waals surface area contributed by atoms with E-state index in [1.165, 1.54) is 0 Å². The third-order valence-electron chi connectivity index (χ3n) is 4.15. The summed E-state index contributed by atoms with van der Waals surface area (Å²) in [6, 6.07) is 20.9. The number of fused-ring (bicyclic) bond motifs is 3. The molecule has 1 aromatic heterocycles. The van der Waals surface area contributed by atoms with Crippen molar-refractivity contribution in [3.63, 3.8) is 0 Å². The van der Waals surface area contributed by atoms with Gasteiger partial charge in [0, 0.05) is 5.39 Å². The first kappa shape index (κ1) is 15.9. The summed E-state index contributed by atoms with van der Waals surface area (Å²) in [7, 11) is 1.61. The third kappa shape index (κ3) is 3.02. The SMILES string of the molecule is COc1ccc(/C=N/NC(=O)c2cc3c(ccc4ccccc43)o2)cc1. The summed E-state index contributed by atoms with van der Waals surface area (Å²) in [4.78, 5) is 12.3. The maximum Gasteiger partial charge on any atom is 0.307 e. The molecule has 26 heavy (non-hydrogen) atoms. The summed E-state index contributed by atoms with van der Waals surface area (Å²) in [6.45, 7) is 0. The summed E-state index contributed by atoms with van der Waals surface area (Å²) in [5.74, 6) is 0.596. The smallest absolute Gasteiger partial charge is 0.307 e. The molecule has 1 heterocycles. The van der Waals surface area contributed by atoms with Crippen molar-refractivity contribution in [2.75, 3.05) is 7.11 Å². The second-order valence-electron chi connectivity index (χ2n) is 5.78. The number of hydrazone groups is 1. The van der Waals surface area contributed by atoms with Gasteiger partial charge in [-0.1, -0.05) is 30.3 Å². The van der Waals surface area contributed by atoms with Crippen LogP contribution in [0.4, 0.5) is 0 Å². The van der Waals surface area contributed by atoms with Crippen molar-refractivity contribution in [1.29, 1.82) is 0 Å². The van der Waals surface area contributed by atoms with Gasteiger partial charge in [0.15, 0.2) is 5.76 Å². The number of nitrogens with zero attached hydrogens (tertiary/aromatic N) is 1. The minimum absolute atomic E-state index is 0.225. The number of furan rings is 1. The molecule has 5 heteroatoms. The number of rotatable bonds is 4. The van der Waals surface area contributed by atoms with Gasteiger partial charge >= 0.3 is 5.91 Å². The van der Waals surface area contributed by atoms with E-state index < -0.39 is 5.91 Å². The Morgan fingerprint density at radius 1 is 1.04 bits per heavy atom. The largest absolute Gasteiger partial charge is 0.497 e. The van der Waals surface area contributed by atoms with Gasteiger partial charge in [0.2, 0.25) is 0 Å². The highest BCUT2D eigenvalue weighted by atomic mass is 16.5. The van der Waals surface area contributed by atoms with Crippen LogP contribution in [-0.2, 0) is 0 Å². The number of methoxy groups -OCH3 is 1. The molecule has 0 fully saturated rings. The first-order chi connectivity index (χ1) is 12.7. The van der Waals surface area contributed by atoms with Gasteiger partial charge in [-0.05, 0) is 52.7 Å². The Kier molecular flexibility index (Phi) is 4.11. The highest BCUT2D eigenvalue weighted by Crippen LogP contribution is 2.28. The first-order valence-corrected chi connectivity index (χ1v) is 8.13. The van der Waals surface area contributed by atoms with E-state index in [1.807, 2.05) is 60.7 Å². The van der Waals surface area contributed by atoms with Crippen molar-refractivity contribution >= 4 is 33.9 Å². The monoisotopic (exact) mass is 344 g/mol. The molecule has 5 nitrogen and oxygen atoms in total. The van der Waals surface area contributed by atoms with Crippen LogP contribution in [0.3, 0.4) is 0 Å². The van der Waals surface area contributed by atoms with Gasteiger partial charge in [-0.15, -0.1) is 0 Å². The van der Waals surface area contributed by atoms with Crippen molar-refractivity contribution < 1.29 is 13.9 Å². The number of amides is 1. The predicted octanol–water partition coefficient (Wildman–Crippen LogP) is 4.36. The highest BCUT2D eigenvalue weighted by Gasteiger charge is 2.13. The minimum Gasteiger partial charge on any atom is -0.497 e. The molecule has 0 spiro atoms. The van der Waals surface area contributed by atoms with Crippen LogP contribution in [-0.4, -0.2) is 19.2 Å². The number of carbonyl (C=O) groups excluding carboxylic acids is 1. The minimum atomic E-state index is -0.393. The molecule has 3 aromatic carbocycles. The average molecular weight is 344 g/mol. The molecule has 0 radical (unpaired) electrons. The van der Waals surface area contributed by atoms with Crippen LogP contribution in [0.2, 0.25) is 0 Å². The summed E-state index contributed by atoms with van der Waals surface area (Å²) in [5, 5.41) is 7.04. The van der Waals surface area contributed by atoms with Crippen molar-refractivity contribution in [1.82, 2.24) is 5.43 Å². The summed E-state index contributed by atoms with van der Waals surface area (Å²) in [6.07, 6.45) is 1.56. The van der Waals surface area contributed by atoms with Gasteiger partial charge in [0.25, 0.3) is 0 Å². The summed E-state index contributed by atoms with van der Waals surface area (Å²) < 4.78 is 10.8. The first-order valence-electron chi connectivity index (χ1n) is 8.13. The van der Waals surface area contributed by atoms with Gasteiger partial charge in [-0.25, -0.2) is 5.43 Å². The van der Waals surface area contributed by atoms with Crippen LogP contribution in [0.5, 0.6) is 5.75 Å². The number of carbonyl (C=O) groups is 1. The second-order valence-corrected chi connectivity index (χ2v) is 5.78. The van der Waals surface area contributed by atoms with E-state index in [-0.39, 0.29) is 5.76 Å². The van der Waals surface area contributed by atoms with Crippen molar-refractivity contribution in [2.24, 2.45) is 5.10 Å². The predicted molar refractivity (Wildman–Crippen MR) is 102 cm³/mol. The lowest BCUT2D eigenvalue weighted by atomic mass is 10.1. The number of ether oxygens (including phenoxy) is 1. The fraction of sp³-hybridized carbons (Fsp3) is 0.0476.